The fraction of sp³-hybridized carbons (Fsp3) is 0.308. The molecule has 8 heteroatoms. The second-order valence-corrected chi connectivity index (χ2v) is 4.74. The third-order valence-electron chi connectivity index (χ3n) is 1.21. The van der Waals surface area contributed by atoms with Gasteiger partial charge in [-0.3, -0.25) is 0 Å². The van der Waals surface area contributed by atoms with Crippen molar-refractivity contribution >= 4 is 11.8 Å². The summed E-state index contributed by atoms with van der Waals surface area (Å²) in [5.74, 6) is -0.248. The molecule has 21 heavy (non-hydrogen) atoms. The van der Waals surface area contributed by atoms with Gasteiger partial charge in [0.05, 0.1) is 28.2 Å². The number of rotatable bonds is 2. The number of hydrogen-bond acceptors (Lipinski definition) is 5. The van der Waals surface area contributed by atoms with Crippen LogP contribution in [0.3, 0.4) is 0 Å². The molecule has 0 rings (SSSR count). The molecule has 7 nitrogen and oxygen atoms in total. The SMILES string of the molecule is C[N+](C)(C)C.N#CC(=C=[N-])N=C(F)C(C#N)=C(C#N)C#N. The molecule has 0 fully saturated rings. The zero-order valence-electron chi connectivity index (χ0n) is 12.0. The maximum absolute atomic E-state index is 13.2. The van der Waals surface area contributed by atoms with E-state index in [2.05, 4.69) is 33.2 Å². The summed E-state index contributed by atoms with van der Waals surface area (Å²) in [4.78, 5) is 2.86. The van der Waals surface area contributed by atoms with Gasteiger partial charge in [-0.05, 0) is 0 Å². The van der Waals surface area contributed by atoms with Gasteiger partial charge in [-0.25, -0.2) is 10.9 Å². The van der Waals surface area contributed by atoms with E-state index in [9.17, 15) is 4.39 Å². The van der Waals surface area contributed by atoms with Gasteiger partial charge in [0.1, 0.15) is 29.8 Å². The molecule has 0 aliphatic rings. The van der Waals surface area contributed by atoms with Crippen LogP contribution in [-0.4, -0.2) is 44.5 Å². The van der Waals surface area contributed by atoms with E-state index in [0.29, 0.717) is 0 Å². The highest BCUT2D eigenvalue weighted by Crippen LogP contribution is 2.07. The summed E-state index contributed by atoms with van der Waals surface area (Å²) in [5, 5.41) is 41.8. The van der Waals surface area contributed by atoms with Crippen LogP contribution in [0.2, 0.25) is 0 Å². The molecule has 0 N–H and O–H groups in total. The van der Waals surface area contributed by atoms with E-state index in [1.54, 1.807) is 0 Å². The molecular formula is C13H12FN7. The number of hydrogen-bond donors (Lipinski definition) is 0. The van der Waals surface area contributed by atoms with Gasteiger partial charge in [-0.1, -0.05) is 0 Å². The lowest BCUT2D eigenvalue weighted by atomic mass is 10.1. The standard InChI is InChI=1S/C9FN6.C4H12N/c10-9(16-7(3-13)4-14)8(5-15)6(1-11)2-12;1-5(2,3)4/h;1-4H3/q-1;+1. The molecule has 0 aliphatic heterocycles. The van der Waals surface area contributed by atoms with Crippen molar-refractivity contribution in [2.45, 2.75) is 0 Å². The Kier molecular flexibility index (Phi) is 9.17. The zero-order chi connectivity index (χ0) is 17.1. The van der Waals surface area contributed by atoms with Gasteiger partial charge in [0.25, 0.3) is 0 Å². The van der Waals surface area contributed by atoms with Gasteiger partial charge < -0.3 is 9.89 Å². The Bertz CT molecular complexity index is 638. The molecule has 106 valence electrons. The van der Waals surface area contributed by atoms with Crippen LogP contribution in [0.15, 0.2) is 21.8 Å². The van der Waals surface area contributed by atoms with E-state index in [-0.39, 0.29) is 0 Å². The Balaban J connectivity index is 0. The van der Waals surface area contributed by atoms with Crippen LogP contribution < -0.4 is 0 Å². The highest BCUT2D eigenvalue weighted by atomic mass is 19.1. The average molecular weight is 285 g/mol. The molecule has 0 radical (unpaired) electrons. The van der Waals surface area contributed by atoms with E-state index in [1.165, 1.54) is 30.1 Å². The maximum atomic E-state index is 13.2. The highest BCUT2D eigenvalue weighted by Gasteiger charge is 2.13. The fourth-order valence-corrected chi connectivity index (χ4v) is 0.571. The molecule has 0 aromatic heterocycles. The summed E-state index contributed by atoms with van der Waals surface area (Å²) < 4.78 is 14.2. The lowest BCUT2D eigenvalue weighted by molar-refractivity contribution is -0.849. The molecule has 0 unspecified atom stereocenters. The Hall–Kier alpha value is -3.29. The Morgan fingerprint density at radius 1 is 0.952 bits per heavy atom. The van der Waals surface area contributed by atoms with Crippen molar-refractivity contribution in [2.24, 2.45) is 4.99 Å². The van der Waals surface area contributed by atoms with Crippen LogP contribution >= 0.6 is 0 Å². The molecule has 0 amide bonds. The summed E-state index contributed by atoms with van der Waals surface area (Å²) in [5.41, 5.74) is -2.51. The van der Waals surface area contributed by atoms with Gasteiger partial charge in [0, 0.05) is 0 Å². The Morgan fingerprint density at radius 2 is 1.38 bits per heavy atom. The first-order valence-corrected chi connectivity index (χ1v) is 5.29. The van der Waals surface area contributed by atoms with E-state index in [0.717, 1.165) is 4.48 Å². The van der Waals surface area contributed by atoms with Gasteiger partial charge >= 0.3 is 0 Å². The van der Waals surface area contributed by atoms with Gasteiger partial charge in [0.15, 0.2) is 11.3 Å². The van der Waals surface area contributed by atoms with Crippen LogP contribution in [0.25, 0.3) is 5.41 Å². The second kappa shape index (κ2) is 9.62. The number of halogens is 1. The first kappa shape index (κ1) is 20.0. The van der Waals surface area contributed by atoms with Crippen LogP contribution in [0.1, 0.15) is 0 Å². The number of nitriles is 4. The van der Waals surface area contributed by atoms with Crippen molar-refractivity contribution in [1.82, 2.24) is 0 Å². The normalized spacial score (nSPS) is 9.29. The van der Waals surface area contributed by atoms with E-state index < -0.39 is 22.8 Å². The monoisotopic (exact) mass is 285 g/mol. The van der Waals surface area contributed by atoms with E-state index in [4.69, 9.17) is 26.5 Å². The quantitative estimate of drug-likeness (QED) is 0.428. The molecule has 0 heterocycles. The molecule has 0 atom stereocenters. The minimum atomic E-state index is -1.52. The first-order chi connectivity index (χ1) is 9.64. The van der Waals surface area contributed by atoms with Gasteiger partial charge in [0.2, 0.25) is 5.97 Å². The van der Waals surface area contributed by atoms with Crippen molar-refractivity contribution in [3.63, 3.8) is 0 Å². The lowest BCUT2D eigenvalue weighted by Crippen LogP contribution is -2.27. The second-order valence-electron chi connectivity index (χ2n) is 4.74. The van der Waals surface area contributed by atoms with Crippen molar-refractivity contribution in [2.75, 3.05) is 28.2 Å². The number of allylic oxidation sites excluding steroid dienone is 3. The van der Waals surface area contributed by atoms with Crippen molar-refractivity contribution in [1.29, 1.82) is 21.0 Å². The zero-order valence-corrected chi connectivity index (χ0v) is 12.0. The van der Waals surface area contributed by atoms with Gasteiger partial charge in [-0.15, -0.1) is 0 Å². The third kappa shape index (κ3) is 10.3. The molecule has 0 aromatic rings. The predicted octanol–water partition coefficient (Wildman–Crippen LogP) is 1.19. The van der Waals surface area contributed by atoms with Crippen LogP contribution in [-0.2, 0) is 0 Å². The average Bonchev–Trinajstić information content (AvgIpc) is 2.39. The number of aliphatic imine (C=N–C) groups is 1. The summed E-state index contributed by atoms with van der Waals surface area (Å²) in [7, 11) is 8.50. The minimum Gasteiger partial charge on any atom is -0.761 e. The summed E-state index contributed by atoms with van der Waals surface area (Å²) in [6, 6.07) is 5.11. The fourth-order valence-electron chi connectivity index (χ4n) is 0.571. The van der Waals surface area contributed by atoms with E-state index in [1.807, 2.05) is 0 Å². The molecule has 0 bridgehead atoms. The van der Waals surface area contributed by atoms with Gasteiger partial charge in [-0.2, -0.15) is 25.4 Å². The molecule has 0 spiro atoms. The summed E-state index contributed by atoms with van der Waals surface area (Å²) in [6.07, 6.45) is 0. The largest absolute Gasteiger partial charge is 0.761 e. The summed E-state index contributed by atoms with van der Waals surface area (Å²) in [6.45, 7) is 0. The van der Waals surface area contributed by atoms with Crippen molar-refractivity contribution in [3.05, 3.63) is 22.3 Å². The van der Waals surface area contributed by atoms with Crippen LogP contribution in [0.4, 0.5) is 4.39 Å². The summed E-state index contributed by atoms with van der Waals surface area (Å²) >= 11 is 0. The van der Waals surface area contributed by atoms with Crippen LogP contribution in [0, 0.1) is 45.3 Å². The number of quaternary nitrogens is 1. The topological polar surface area (TPSA) is 130 Å². The van der Waals surface area contributed by atoms with Crippen molar-refractivity contribution < 1.29 is 8.87 Å². The van der Waals surface area contributed by atoms with E-state index >= 15 is 0 Å². The van der Waals surface area contributed by atoms with Crippen LogP contribution in [0.5, 0.6) is 0 Å². The molecular weight excluding hydrogens is 273 g/mol. The molecule has 0 aromatic carbocycles. The Labute approximate surface area is 122 Å². The lowest BCUT2D eigenvalue weighted by Gasteiger charge is -2.14. The predicted molar refractivity (Wildman–Crippen MR) is 73.9 cm³/mol. The molecule has 0 aliphatic carbocycles. The molecule has 0 saturated carbocycles. The highest BCUT2D eigenvalue weighted by molar-refractivity contribution is 6.00. The molecule has 0 saturated heterocycles. The first-order valence-electron chi connectivity index (χ1n) is 5.29. The number of nitrogens with zero attached hydrogens (tertiary/aromatic N) is 7. The van der Waals surface area contributed by atoms with Crippen molar-refractivity contribution in [3.8, 4) is 24.3 Å². The third-order valence-corrected chi connectivity index (χ3v) is 1.21. The Morgan fingerprint density at radius 3 is 1.62 bits per heavy atom. The maximum Gasteiger partial charge on any atom is 0.234 e. The minimum absolute atomic E-state index is 0.779. The smallest absolute Gasteiger partial charge is 0.234 e.